The minimum atomic E-state index is -1.39. The predicted octanol–water partition coefficient (Wildman–Crippen LogP) is -3.81. The molecule has 0 fully saturated rings. The molecule has 1 aromatic rings. The monoisotopic (exact) mass is 153 g/mol. The summed E-state index contributed by atoms with van der Waals surface area (Å²) in [5.74, 6) is 2.78. The molecule has 3 nitrogen and oxygen atoms in total. The van der Waals surface area contributed by atoms with E-state index in [4.69, 9.17) is 0 Å². The molecule has 0 aliphatic heterocycles. The number of aliphatic carboxylic acids is 1. The van der Waals surface area contributed by atoms with Crippen LogP contribution in [-0.4, -0.2) is 11.0 Å². The molecule has 0 atom stereocenters. The fourth-order valence-electron chi connectivity index (χ4n) is 0.552. The van der Waals surface area contributed by atoms with Gasteiger partial charge in [0.15, 0.2) is 0 Å². The molecule has 0 radical (unpaired) electrons. The Morgan fingerprint density at radius 2 is 2.25 bits per heavy atom. The molecule has 1 rings (SSSR count). The van der Waals surface area contributed by atoms with Gasteiger partial charge in [-0.15, -0.1) is 0 Å². The summed E-state index contributed by atoms with van der Waals surface area (Å²) in [7, 11) is 0. The van der Waals surface area contributed by atoms with E-state index >= 15 is 0 Å². The van der Waals surface area contributed by atoms with Crippen LogP contribution in [0.5, 0.6) is 0 Å². The summed E-state index contributed by atoms with van der Waals surface area (Å²) in [6.45, 7) is 0. The SMILES string of the molecule is O=C([O-])C#Cc1ccccn1.[Li+]. The van der Waals surface area contributed by atoms with Crippen LogP contribution >= 0.6 is 0 Å². The molecule has 1 aromatic heterocycles. The van der Waals surface area contributed by atoms with Crippen molar-refractivity contribution >= 4 is 5.97 Å². The number of carbonyl (C=O) groups excluding carboxylic acids is 1. The van der Waals surface area contributed by atoms with E-state index in [1.165, 1.54) is 0 Å². The third-order valence-electron chi connectivity index (χ3n) is 0.958. The van der Waals surface area contributed by atoms with Crippen molar-refractivity contribution in [3.05, 3.63) is 30.1 Å². The smallest absolute Gasteiger partial charge is 0.537 e. The van der Waals surface area contributed by atoms with Crippen molar-refractivity contribution in [3.8, 4) is 11.8 Å². The fourth-order valence-corrected chi connectivity index (χ4v) is 0.552. The van der Waals surface area contributed by atoms with Crippen LogP contribution in [0, 0.1) is 11.8 Å². The quantitative estimate of drug-likeness (QED) is 0.283. The van der Waals surface area contributed by atoms with E-state index in [9.17, 15) is 9.90 Å². The normalized spacial score (nSPS) is 7.33. The first kappa shape index (κ1) is 10.8. The molecule has 0 bridgehead atoms. The van der Waals surface area contributed by atoms with Crippen LogP contribution in [0.25, 0.3) is 0 Å². The minimum Gasteiger partial charge on any atom is -0.537 e. The number of carbonyl (C=O) groups is 1. The van der Waals surface area contributed by atoms with Crippen LogP contribution in [0.15, 0.2) is 24.4 Å². The number of carboxylic acid groups (broad SMARTS) is 1. The molecule has 0 aliphatic rings. The molecular formula is C8H4LiNO2. The van der Waals surface area contributed by atoms with Gasteiger partial charge >= 0.3 is 18.9 Å². The van der Waals surface area contributed by atoms with Crippen LogP contribution in [0.4, 0.5) is 0 Å². The standard InChI is InChI=1S/C8H5NO2.Li/c10-8(11)5-4-7-3-1-2-6-9-7;/h1-3,6H,(H,10,11);/q;+1/p-1. The average molecular weight is 153 g/mol. The van der Waals surface area contributed by atoms with Crippen LogP contribution in [-0.2, 0) is 4.79 Å². The molecule has 0 N–H and O–H groups in total. The van der Waals surface area contributed by atoms with Gasteiger partial charge in [0.2, 0.25) is 0 Å². The summed E-state index contributed by atoms with van der Waals surface area (Å²) in [5, 5.41) is 9.86. The maximum absolute atomic E-state index is 9.86. The van der Waals surface area contributed by atoms with Crippen LogP contribution in [0.2, 0.25) is 0 Å². The van der Waals surface area contributed by atoms with Crippen molar-refractivity contribution in [1.82, 2.24) is 4.98 Å². The second-order valence-corrected chi connectivity index (χ2v) is 1.75. The third kappa shape index (κ3) is 3.83. The Morgan fingerprint density at radius 3 is 2.75 bits per heavy atom. The van der Waals surface area contributed by atoms with Gasteiger partial charge in [0, 0.05) is 6.20 Å². The molecule has 4 heteroatoms. The Morgan fingerprint density at radius 1 is 1.50 bits per heavy atom. The largest absolute Gasteiger partial charge is 1.00 e. The topological polar surface area (TPSA) is 53.0 Å². The first-order valence-corrected chi connectivity index (χ1v) is 2.93. The summed E-state index contributed by atoms with van der Waals surface area (Å²) in [6, 6.07) is 5.08. The van der Waals surface area contributed by atoms with E-state index in [-0.39, 0.29) is 18.9 Å². The van der Waals surface area contributed by atoms with Crippen LogP contribution in [0.3, 0.4) is 0 Å². The zero-order valence-electron chi connectivity index (χ0n) is 6.57. The summed E-state index contributed by atoms with van der Waals surface area (Å²) < 4.78 is 0. The molecular weight excluding hydrogens is 149 g/mol. The number of nitrogens with zero attached hydrogens (tertiary/aromatic N) is 1. The maximum Gasteiger partial charge on any atom is 1.00 e. The van der Waals surface area contributed by atoms with Gasteiger partial charge in [-0.3, -0.25) is 0 Å². The molecule has 0 spiro atoms. The summed E-state index contributed by atoms with van der Waals surface area (Å²) in [6.07, 6.45) is 1.54. The van der Waals surface area contributed by atoms with Gasteiger partial charge in [0.05, 0.1) is 0 Å². The number of carboxylic acids is 1. The maximum atomic E-state index is 9.86. The Bertz CT molecular complexity index is 313. The summed E-state index contributed by atoms with van der Waals surface area (Å²) in [5.41, 5.74) is 0.428. The molecule has 0 saturated heterocycles. The van der Waals surface area contributed by atoms with E-state index in [0.29, 0.717) is 5.69 Å². The fraction of sp³-hybridized carbons (Fsp3) is 0. The van der Waals surface area contributed by atoms with E-state index < -0.39 is 5.97 Å². The Hall–Kier alpha value is -1.22. The number of hydrogen-bond acceptors (Lipinski definition) is 3. The van der Waals surface area contributed by atoms with Gasteiger partial charge in [-0.05, 0) is 24.0 Å². The van der Waals surface area contributed by atoms with Gasteiger partial charge in [0.1, 0.15) is 11.7 Å². The molecule has 0 aromatic carbocycles. The molecule has 0 unspecified atom stereocenters. The second-order valence-electron chi connectivity index (χ2n) is 1.75. The third-order valence-corrected chi connectivity index (χ3v) is 0.958. The summed E-state index contributed by atoms with van der Waals surface area (Å²) in [4.78, 5) is 13.6. The van der Waals surface area contributed by atoms with Crippen molar-refractivity contribution in [1.29, 1.82) is 0 Å². The molecule has 12 heavy (non-hydrogen) atoms. The molecule has 54 valence electrons. The molecule has 1 heterocycles. The van der Waals surface area contributed by atoms with Gasteiger partial charge in [-0.25, -0.2) is 4.98 Å². The van der Waals surface area contributed by atoms with E-state index in [2.05, 4.69) is 10.9 Å². The predicted molar refractivity (Wildman–Crippen MR) is 36.1 cm³/mol. The van der Waals surface area contributed by atoms with Crippen molar-refractivity contribution in [2.45, 2.75) is 0 Å². The first-order chi connectivity index (χ1) is 5.29. The Labute approximate surface area is 82.0 Å². The number of aromatic nitrogens is 1. The second kappa shape index (κ2) is 5.43. The number of rotatable bonds is 0. The zero-order valence-corrected chi connectivity index (χ0v) is 6.57. The average Bonchev–Trinajstić information content (AvgIpc) is 2.03. The Balaban J connectivity index is 0.00000121. The number of pyridine rings is 1. The Kier molecular flexibility index (Phi) is 4.88. The molecule has 0 saturated carbocycles. The minimum absolute atomic E-state index is 0. The van der Waals surface area contributed by atoms with Gasteiger partial charge in [0.25, 0.3) is 0 Å². The van der Waals surface area contributed by atoms with Crippen LogP contribution in [0.1, 0.15) is 5.69 Å². The summed E-state index contributed by atoms with van der Waals surface area (Å²) >= 11 is 0. The van der Waals surface area contributed by atoms with E-state index in [1.54, 1.807) is 24.4 Å². The van der Waals surface area contributed by atoms with Crippen molar-refractivity contribution in [2.75, 3.05) is 0 Å². The van der Waals surface area contributed by atoms with Crippen LogP contribution < -0.4 is 24.0 Å². The van der Waals surface area contributed by atoms with E-state index in [0.717, 1.165) is 0 Å². The molecule has 0 aliphatic carbocycles. The van der Waals surface area contributed by atoms with Crippen molar-refractivity contribution < 1.29 is 28.8 Å². The van der Waals surface area contributed by atoms with Gasteiger partial charge in [-0.2, -0.15) is 0 Å². The van der Waals surface area contributed by atoms with Crippen molar-refractivity contribution in [2.24, 2.45) is 0 Å². The van der Waals surface area contributed by atoms with Gasteiger partial charge < -0.3 is 9.90 Å². The first-order valence-electron chi connectivity index (χ1n) is 2.93. The molecule has 0 amide bonds. The van der Waals surface area contributed by atoms with Gasteiger partial charge in [-0.1, -0.05) is 6.07 Å². The zero-order chi connectivity index (χ0) is 8.10. The number of hydrogen-bond donors (Lipinski definition) is 0. The van der Waals surface area contributed by atoms with E-state index in [1.807, 2.05) is 5.92 Å². The van der Waals surface area contributed by atoms with Crippen molar-refractivity contribution in [3.63, 3.8) is 0 Å².